The number of carbonyl (C=O) groups is 6. The molecule has 2 saturated carbocycles. The van der Waals surface area contributed by atoms with Gasteiger partial charge in [-0.25, -0.2) is 14.4 Å². The maximum Gasteiger partial charge on any atom is 0.407 e. The maximum atomic E-state index is 14.2. The van der Waals surface area contributed by atoms with Crippen LogP contribution in [0.3, 0.4) is 0 Å². The normalized spacial score (nSPS) is 23.5. The van der Waals surface area contributed by atoms with Crippen molar-refractivity contribution in [3.63, 3.8) is 0 Å². The Bertz CT molecular complexity index is 1090. The standard InChI is InChI=1S/C31H51N5O9/c1-7-45-28(40)23-20-15-11-14-19(20)17-36(23)27(39)24(31(2,3)4)35-26(38)22(18-12-9-8-10-13-18)34-25(37)21(33-30(42)44-6)16-32-29(41)43-5/h18-24H,7-17H2,1-6H3,(H,32,41)(H,33,42)(H,34,37)(H,35,38)/t19-,20-,21-,22-,23?,24+/m0/s1. The summed E-state index contributed by atoms with van der Waals surface area (Å²) in [6.07, 6.45) is 5.18. The van der Waals surface area contributed by atoms with E-state index in [9.17, 15) is 28.8 Å². The summed E-state index contributed by atoms with van der Waals surface area (Å²) in [7, 11) is 2.30. The molecule has 4 N–H and O–H groups in total. The lowest BCUT2D eigenvalue weighted by molar-refractivity contribution is -0.156. The summed E-state index contributed by atoms with van der Waals surface area (Å²) in [5, 5.41) is 10.5. The van der Waals surface area contributed by atoms with Gasteiger partial charge in [-0.15, -0.1) is 0 Å². The van der Waals surface area contributed by atoms with Gasteiger partial charge in [0, 0.05) is 6.54 Å². The summed E-state index contributed by atoms with van der Waals surface area (Å²) in [6, 6.07) is -3.99. The van der Waals surface area contributed by atoms with Crippen LogP contribution in [-0.4, -0.2) is 98.9 Å². The molecule has 14 heteroatoms. The molecule has 5 amide bonds. The third-order valence-corrected chi connectivity index (χ3v) is 9.23. The molecule has 3 rings (SSSR count). The van der Waals surface area contributed by atoms with Gasteiger partial charge in [0.1, 0.15) is 24.2 Å². The minimum Gasteiger partial charge on any atom is -0.464 e. The van der Waals surface area contributed by atoms with Gasteiger partial charge < -0.3 is 40.4 Å². The molecule has 254 valence electrons. The van der Waals surface area contributed by atoms with Crippen molar-refractivity contribution in [2.45, 2.75) is 103 Å². The van der Waals surface area contributed by atoms with Gasteiger partial charge in [-0.05, 0) is 55.8 Å². The lowest BCUT2D eigenvalue weighted by atomic mass is 9.82. The van der Waals surface area contributed by atoms with Crippen LogP contribution in [0.15, 0.2) is 0 Å². The Morgan fingerprint density at radius 2 is 1.49 bits per heavy atom. The highest BCUT2D eigenvalue weighted by Gasteiger charge is 2.52. The van der Waals surface area contributed by atoms with Crippen LogP contribution >= 0.6 is 0 Å². The Labute approximate surface area is 265 Å². The van der Waals surface area contributed by atoms with Crippen LogP contribution in [0.2, 0.25) is 0 Å². The van der Waals surface area contributed by atoms with Crippen LogP contribution < -0.4 is 21.3 Å². The molecule has 0 radical (unpaired) electrons. The second-order valence-electron chi connectivity index (χ2n) is 13.3. The third-order valence-electron chi connectivity index (χ3n) is 9.23. The first-order valence-corrected chi connectivity index (χ1v) is 16.1. The number of hydrogen-bond donors (Lipinski definition) is 4. The third kappa shape index (κ3) is 9.23. The average Bonchev–Trinajstić information content (AvgIpc) is 3.61. The fourth-order valence-electron chi connectivity index (χ4n) is 6.90. The van der Waals surface area contributed by atoms with E-state index in [4.69, 9.17) is 4.74 Å². The lowest BCUT2D eigenvalue weighted by Gasteiger charge is -2.38. The van der Waals surface area contributed by atoms with Crippen LogP contribution in [0.5, 0.6) is 0 Å². The molecule has 14 nitrogen and oxygen atoms in total. The predicted molar refractivity (Wildman–Crippen MR) is 163 cm³/mol. The fourth-order valence-corrected chi connectivity index (χ4v) is 6.90. The van der Waals surface area contributed by atoms with Gasteiger partial charge in [-0.2, -0.15) is 0 Å². The van der Waals surface area contributed by atoms with Crippen molar-refractivity contribution in [3.05, 3.63) is 0 Å². The number of amides is 5. The van der Waals surface area contributed by atoms with E-state index in [1.165, 1.54) is 0 Å². The van der Waals surface area contributed by atoms with Crippen LogP contribution in [0, 0.1) is 23.2 Å². The average molecular weight is 638 g/mol. The van der Waals surface area contributed by atoms with E-state index in [0.717, 1.165) is 52.7 Å². The number of nitrogens with zero attached hydrogens (tertiary/aromatic N) is 1. The van der Waals surface area contributed by atoms with Gasteiger partial charge in [0.05, 0.1) is 27.4 Å². The zero-order valence-electron chi connectivity index (χ0n) is 27.4. The SMILES string of the molecule is CCOC(=O)C1[C@H]2CCC[C@H]2CN1C(=O)[C@@H](NC(=O)[C@@H](NC(=O)[C@H](CNC(=O)OC)NC(=O)OC)C1CCCCC1)C(C)(C)C. The van der Waals surface area contributed by atoms with Gasteiger partial charge in [0.15, 0.2) is 0 Å². The molecular weight excluding hydrogens is 586 g/mol. The molecule has 0 bridgehead atoms. The van der Waals surface area contributed by atoms with Gasteiger partial charge in [-0.1, -0.05) is 46.5 Å². The van der Waals surface area contributed by atoms with Gasteiger partial charge >= 0.3 is 18.2 Å². The molecule has 6 atom stereocenters. The highest BCUT2D eigenvalue weighted by atomic mass is 16.5. The number of likely N-dealkylation sites (tertiary alicyclic amines) is 1. The number of rotatable bonds is 11. The molecule has 1 aliphatic heterocycles. The molecule has 0 spiro atoms. The number of hydrogen-bond acceptors (Lipinski definition) is 9. The van der Waals surface area contributed by atoms with Gasteiger partial charge in [0.25, 0.3) is 0 Å². The quantitative estimate of drug-likeness (QED) is 0.194. The first-order chi connectivity index (χ1) is 21.3. The van der Waals surface area contributed by atoms with Crippen molar-refractivity contribution in [2.24, 2.45) is 23.2 Å². The smallest absolute Gasteiger partial charge is 0.407 e. The number of nitrogens with one attached hydrogen (secondary N) is 4. The summed E-state index contributed by atoms with van der Waals surface area (Å²) < 4.78 is 14.6. The van der Waals surface area contributed by atoms with E-state index in [2.05, 4.69) is 30.7 Å². The molecule has 3 fully saturated rings. The first-order valence-electron chi connectivity index (χ1n) is 16.1. The van der Waals surface area contributed by atoms with E-state index in [1.807, 2.05) is 20.8 Å². The Morgan fingerprint density at radius 3 is 2.09 bits per heavy atom. The Hall–Kier alpha value is -3.58. The number of alkyl carbamates (subject to hydrolysis) is 2. The Balaban J connectivity index is 1.86. The zero-order valence-corrected chi connectivity index (χ0v) is 27.4. The number of esters is 1. The minimum atomic E-state index is -1.27. The molecule has 0 aromatic heterocycles. The fraction of sp³-hybridized carbons (Fsp3) is 0.806. The Kier molecular flexibility index (Phi) is 12.9. The van der Waals surface area contributed by atoms with E-state index < -0.39 is 59.6 Å². The number of methoxy groups -OCH3 is 2. The Morgan fingerprint density at radius 1 is 0.822 bits per heavy atom. The molecule has 0 aromatic carbocycles. The molecule has 45 heavy (non-hydrogen) atoms. The minimum absolute atomic E-state index is 0.0245. The van der Waals surface area contributed by atoms with Crippen molar-refractivity contribution in [1.29, 1.82) is 0 Å². The maximum absolute atomic E-state index is 14.2. The van der Waals surface area contributed by atoms with Gasteiger partial charge in [0.2, 0.25) is 17.7 Å². The lowest BCUT2D eigenvalue weighted by Crippen LogP contribution is -2.63. The van der Waals surface area contributed by atoms with Crippen LogP contribution in [-0.2, 0) is 33.4 Å². The summed E-state index contributed by atoms with van der Waals surface area (Å²) in [5.41, 5.74) is -0.732. The van der Waals surface area contributed by atoms with Crippen LogP contribution in [0.25, 0.3) is 0 Å². The highest BCUT2D eigenvalue weighted by molar-refractivity contribution is 5.95. The second-order valence-corrected chi connectivity index (χ2v) is 13.3. The van der Waals surface area contributed by atoms with Crippen LogP contribution in [0.1, 0.15) is 79.1 Å². The topological polar surface area (TPSA) is 181 Å². The molecule has 1 heterocycles. The van der Waals surface area contributed by atoms with E-state index >= 15 is 0 Å². The van der Waals surface area contributed by atoms with Crippen molar-refractivity contribution in [2.75, 3.05) is 33.9 Å². The molecule has 0 aromatic rings. The molecular formula is C31H51N5O9. The summed E-state index contributed by atoms with van der Waals surface area (Å²) in [4.78, 5) is 80.2. The number of fused-ring (bicyclic) bond motifs is 1. The van der Waals surface area contributed by atoms with Crippen molar-refractivity contribution in [1.82, 2.24) is 26.2 Å². The number of carbonyl (C=O) groups excluding carboxylic acids is 6. The second kappa shape index (κ2) is 16.1. The zero-order chi connectivity index (χ0) is 33.3. The first kappa shape index (κ1) is 35.9. The summed E-state index contributed by atoms with van der Waals surface area (Å²) in [6.45, 7) is 7.57. The van der Waals surface area contributed by atoms with Crippen molar-refractivity contribution >= 4 is 35.9 Å². The van der Waals surface area contributed by atoms with Crippen molar-refractivity contribution < 1.29 is 43.0 Å². The van der Waals surface area contributed by atoms with E-state index in [0.29, 0.717) is 19.4 Å². The van der Waals surface area contributed by atoms with E-state index in [-0.39, 0.29) is 36.8 Å². The summed E-state index contributed by atoms with van der Waals surface area (Å²) >= 11 is 0. The molecule has 2 aliphatic carbocycles. The predicted octanol–water partition coefficient (Wildman–Crippen LogP) is 1.85. The highest BCUT2D eigenvalue weighted by Crippen LogP contribution is 2.43. The van der Waals surface area contributed by atoms with Crippen molar-refractivity contribution in [3.8, 4) is 0 Å². The van der Waals surface area contributed by atoms with Crippen LogP contribution in [0.4, 0.5) is 9.59 Å². The van der Waals surface area contributed by atoms with Gasteiger partial charge in [-0.3, -0.25) is 14.4 Å². The van der Waals surface area contributed by atoms with E-state index in [1.54, 1.807) is 11.8 Å². The molecule has 1 saturated heterocycles. The summed E-state index contributed by atoms with van der Waals surface area (Å²) in [5.74, 6) is -2.02. The number of ether oxygens (including phenoxy) is 3. The largest absolute Gasteiger partial charge is 0.464 e. The monoisotopic (exact) mass is 637 g/mol. The molecule has 1 unspecified atom stereocenters. The molecule has 3 aliphatic rings.